The van der Waals surface area contributed by atoms with Gasteiger partial charge in [-0.15, -0.1) is 0 Å². The minimum Gasteiger partial charge on any atom is -0.497 e. The van der Waals surface area contributed by atoms with E-state index < -0.39 is 4.92 Å². The van der Waals surface area contributed by atoms with E-state index in [9.17, 15) is 10.1 Å². The third-order valence-corrected chi connectivity index (χ3v) is 2.25. The Hall–Kier alpha value is -1.36. The van der Waals surface area contributed by atoms with E-state index in [4.69, 9.17) is 4.74 Å². The van der Waals surface area contributed by atoms with Crippen LogP contribution < -0.4 is 4.74 Å². The normalized spacial score (nSPS) is 11.1. The minimum absolute atomic E-state index is 0.435. The quantitative estimate of drug-likeness (QED) is 0.618. The largest absolute Gasteiger partial charge is 0.497 e. The first kappa shape index (κ1) is 10.7. The molecule has 0 fully saturated rings. The predicted octanol–water partition coefficient (Wildman–Crippen LogP) is 2.67. The van der Waals surface area contributed by atoms with Crippen LogP contribution in [0.5, 0.6) is 5.75 Å². The van der Waals surface area contributed by atoms with Gasteiger partial charge in [-0.2, -0.15) is 0 Å². The van der Waals surface area contributed by atoms with Gasteiger partial charge in [0.15, 0.2) is 0 Å². The van der Waals surface area contributed by atoms with Crippen LogP contribution >= 0.6 is 15.9 Å². The molecule has 0 atom stereocenters. The zero-order chi connectivity index (χ0) is 10.6. The average Bonchev–Trinajstić information content (AvgIpc) is 2.17. The molecule has 0 spiro atoms. The molecule has 0 saturated carbocycles. The van der Waals surface area contributed by atoms with E-state index in [0.717, 1.165) is 17.5 Å². The monoisotopic (exact) mass is 257 g/mol. The summed E-state index contributed by atoms with van der Waals surface area (Å²) in [5.41, 5.74) is 0.738. The molecule has 0 aliphatic rings. The summed E-state index contributed by atoms with van der Waals surface area (Å²) in [4.78, 5) is 9.67. The molecule has 74 valence electrons. The molecule has 1 rings (SSSR count). The number of hydrogen-bond donors (Lipinski definition) is 0. The van der Waals surface area contributed by atoms with E-state index in [0.29, 0.717) is 4.48 Å². The Morgan fingerprint density at radius 2 is 2.07 bits per heavy atom. The van der Waals surface area contributed by atoms with Crippen molar-refractivity contribution in [3.05, 3.63) is 46.1 Å². The molecule has 1 aromatic carbocycles. The molecule has 4 nitrogen and oxygen atoms in total. The summed E-state index contributed by atoms with van der Waals surface area (Å²) >= 11 is 3.11. The zero-order valence-electron chi connectivity index (χ0n) is 7.44. The molecule has 1 aromatic rings. The molecule has 0 aromatic heterocycles. The number of benzene rings is 1. The van der Waals surface area contributed by atoms with Crippen LogP contribution in [-0.4, -0.2) is 12.0 Å². The fourth-order valence-corrected chi connectivity index (χ4v) is 1.35. The van der Waals surface area contributed by atoms with Crippen LogP contribution in [-0.2, 0) is 0 Å². The van der Waals surface area contributed by atoms with E-state index >= 15 is 0 Å². The second kappa shape index (κ2) is 4.76. The highest BCUT2D eigenvalue weighted by Gasteiger charge is 2.02. The van der Waals surface area contributed by atoms with Crippen LogP contribution in [0.4, 0.5) is 0 Å². The fraction of sp³-hybridized carbons (Fsp3) is 0.111. The number of halogens is 1. The summed E-state index contributed by atoms with van der Waals surface area (Å²) in [6.45, 7) is 0. The van der Waals surface area contributed by atoms with Gasteiger partial charge in [-0.1, -0.05) is 0 Å². The molecule has 0 heterocycles. The summed E-state index contributed by atoms with van der Waals surface area (Å²) in [6, 6.07) is 6.96. The van der Waals surface area contributed by atoms with E-state index in [-0.39, 0.29) is 0 Å². The van der Waals surface area contributed by atoms with Gasteiger partial charge in [-0.05, 0) is 45.8 Å². The molecule has 0 aliphatic heterocycles. The third-order valence-electron chi connectivity index (χ3n) is 1.58. The van der Waals surface area contributed by atoms with Gasteiger partial charge >= 0.3 is 0 Å². The van der Waals surface area contributed by atoms with Crippen molar-refractivity contribution in [2.24, 2.45) is 0 Å². The van der Waals surface area contributed by atoms with Crippen molar-refractivity contribution in [3.63, 3.8) is 0 Å². The molecule has 0 N–H and O–H groups in total. The molecular formula is C9H8BrNO3. The van der Waals surface area contributed by atoms with Crippen LogP contribution in [0.2, 0.25) is 0 Å². The van der Waals surface area contributed by atoms with Gasteiger partial charge in [0, 0.05) is 0 Å². The van der Waals surface area contributed by atoms with Crippen molar-refractivity contribution < 1.29 is 9.66 Å². The highest BCUT2D eigenvalue weighted by atomic mass is 79.9. The highest BCUT2D eigenvalue weighted by molar-refractivity contribution is 9.15. The number of nitrogens with zero attached hydrogens (tertiary/aromatic N) is 1. The Morgan fingerprint density at radius 1 is 1.50 bits per heavy atom. The van der Waals surface area contributed by atoms with Crippen molar-refractivity contribution in [3.8, 4) is 5.75 Å². The van der Waals surface area contributed by atoms with Gasteiger partial charge in [0.1, 0.15) is 5.75 Å². The second-order valence-electron chi connectivity index (χ2n) is 2.49. The van der Waals surface area contributed by atoms with E-state index in [1.54, 1.807) is 31.4 Å². The van der Waals surface area contributed by atoms with Gasteiger partial charge < -0.3 is 4.74 Å². The smallest absolute Gasteiger partial charge is 0.249 e. The van der Waals surface area contributed by atoms with Gasteiger partial charge in [0.25, 0.3) is 0 Å². The Morgan fingerprint density at radius 3 is 2.50 bits per heavy atom. The molecule has 0 aliphatic carbocycles. The maximum absolute atomic E-state index is 10.2. The van der Waals surface area contributed by atoms with Crippen molar-refractivity contribution in [1.29, 1.82) is 0 Å². The van der Waals surface area contributed by atoms with Gasteiger partial charge in [0.2, 0.25) is 6.20 Å². The molecule has 0 saturated heterocycles. The lowest BCUT2D eigenvalue weighted by Gasteiger charge is -2.00. The Labute approximate surface area is 89.5 Å². The van der Waals surface area contributed by atoms with E-state index in [1.165, 1.54) is 0 Å². The number of hydrogen-bond acceptors (Lipinski definition) is 3. The van der Waals surface area contributed by atoms with Gasteiger partial charge in [0.05, 0.1) is 16.5 Å². The Balaban J connectivity index is 2.92. The fourth-order valence-electron chi connectivity index (χ4n) is 0.917. The van der Waals surface area contributed by atoms with Gasteiger partial charge in [-0.3, -0.25) is 10.1 Å². The molecule has 14 heavy (non-hydrogen) atoms. The average molecular weight is 258 g/mol. The summed E-state index contributed by atoms with van der Waals surface area (Å²) in [5, 5.41) is 10.2. The number of rotatable bonds is 3. The van der Waals surface area contributed by atoms with Crippen LogP contribution in [0, 0.1) is 10.1 Å². The lowest BCUT2D eigenvalue weighted by molar-refractivity contribution is -0.401. The molecule has 5 heteroatoms. The first-order valence-corrected chi connectivity index (χ1v) is 4.58. The van der Waals surface area contributed by atoms with Crippen molar-refractivity contribution >= 4 is 20.4 Å². The molecule has 0 bridgehead atoms. The van der Waals surface area contributed by atoms with Crippen LogP contribution in [0.15, 0.2) is 30.5 Å². The molecule has 0 unspecified atom stereocenters. The van der Waals surface area contributed by atoms with Crippen LogP contribution in [0.1, 0.15) is 5.56 Å². The van der Waals surface area contributed by atoms with Crippen molar-refractivity contribution in [2.45, 2.75) is 0 Å². The zero-order valence-corrected chi connectivity index (χ0v) is 9.02. The second-order valence-corrected chi connectivity index (χ2v) is 3.35. The molecular weight excluding hydrogens is 250 g/mol. The van der Waals surface area contributed by atoms with Crippen LogP contribution in [0.25, 0.3) is 4.48 Å². The van der Waals surface area contributed by atoms with Crippen molar-refractivity contribution in [2.75, 3.05) is 7.11 Å². The van der Waals surface area contributed by atoms with E-state index in [2.05, 4.69) is 15.9 Å². The summed E-state index contributed by atoms with van der Waals surface area (Å²) in [7, 11) is 1.57. The Kier molecular flexibility index (Phi) is 3.64. The third kappa shape index (κ3) is 2.85. The minimum atomic E-state index is -0.506. The summed E-state index contributed by atoms with van der Waals surface area (Å²) < 4.78 is 5.40. The number of nitro groups is 1. The van der Waals surface area contributed by atoms with Crippen LogP contribution in [0.3, 0.4) is 0 Å². The lowest BCUT2D eigenvalue weighted by Crippen LogP contribution is -1.87. The summed E-state index contributed by atoms with van der Waals surface area (Å²) in [6.07, 6.45) is 0.905. The number of methoxy groups -OCH3 is 1. The maximum Gasteiger partial charge on any atom is 0.249 e. The number of ether oxygens (including phenoxy) is 1. The topological polar surface area (TPSA) is 52.4 Å². The predicted molar refractivity (Wildman–Crippen MR) is 56.9 cm³/mol. The first-order valence-electron chi connectivity index (χ1n) is 3.78. The Bertz CT molecular complexity index is 359. The van der Waals surface area contributed by atoms with Crippen molar-refractivity contribution in [1.82, 2.24) is 0 Å². The molecule has 0 amide bonds. The summed E-state index contributed by atoms with van der Waals surface area (Å²) in [5.74, 6) is 0.718. The van der Waals surface area contributed by atoms with E-state index in [1.807, 2.05) is 0 Å². The maximum atomic E-state index is 10.2. The lowest BCUT2D eigenvalue weighted by atomic mass is 10.2. The standard InChI is InChI=1S/C9H8BrNO3/c1-14-8-4-2-7(3-5-8)9(10)6-11(12)13/h2-6H,1H3. The van der Waals surface area contributed by atoms with Gasteiger partial charge in [-0.25, -0.2) is 0 Å². The highest BCUT2D eigenvalue weighted by Crippen LogP contribution is 2.23. The molecule has 0 radical (unpaired) electrons. The first-order chi connectivity index (χ1) is 6.63. The SMILES string of the molecule is COc1ccc(C(Br)=C[N+](=O)[O-])cc1.